The van der Waals surface area contributed by atoms with Gasteiger partial charge in [0.25, 0.3) is 11.8 Å². The number of aromatic nitrogens is 2. The van der Waals surface area contributed by atoms with Crippen molar-refractivity contribution in [2.45, 2.75) is 17.1 Å². The molecule has 3 amide bonds. The third-order valence-corrected chi connectivity index (χ3v) is 9.01. The minimum Gasteiger partial charge on any atom is -0.496 e. The highest BCUT2D eigenvalue weighted by atomic mass is 32.2. The zero-order valence-corrected chi connectivity index (χ0v) is 28.7. The van der Waals surface area contributed by atoms with Crippen LogP contribution in [0.3, 0.4) is 0 Å². The maximum Gasteiger partial charge on any atom is 0.272 e. The van der Waals surface area contributed by atoms with Crippen LogP contribution >= 0.6 is 23.1 Å². The Hall–Kier alpha value is -5.66. The van der Waals surface area contributed by atoms with E-state index in [-0.39, 0.29) is 11.6 Å². The number of nitrogens with zero attached hydrogens (tertiary/aromatic N) is 2. The molecule has 1 atom stereocenters. The van der Waals surface area contributed by atoms with Crippen LogP contribution in [0.25, 0.3) is 6.08 Å². The van der Waals surface area contributed by atoms with E-state index in [9.17, 15) is 14.4 Å². The molecule has 3 N–H and O–H groups in total. The number of hydrogen-bond acceptors (Lipinski definition) is 10. The van der Waals surface area contributed by atoms with Crippen molar-refractivity contribution >= 4 is 57.7 Å². The van der Waals surface area contributed by atoms with E-state index in [0.29, 0.717) is 39.2 Å². The van der Waals surface area contributed by atoms with Gasteiger partial charge in [0.05, 0.1) is 21.3 Å². The largest absolute Gasteiger partial charge is 0.496 e. The number of hydrogen-bond donors (Lipinski definition) is 3. The Morgan fingerprint density at radius 2 is 1.45 bits per heavy atom. The highest BCUT2D eigenvalue weighted by molar-refractivity contribution is 8.00. The summed E-state index contributed by atoms with van der Waals surface area (Å²) in [6, 6.07) is 28.3. The lowest BCUT2D eigenvalue weighted by Gasteiger charge is -2.17. The third-order valence-electron chi connectivity index (χ3n) is 7.01. The Kier molecular flexibility index (Phi) is 11.6. The van der Waals surface area contributed by atoms with Gasteiger partial charge in [-0.3, -0.25) is 19.7 Å². The minimum absolute atomic E-state index is 0.0497. The van der Waals surface area contributed by atoms with Crippen molar-refractivity contribution in [3.8, 4) is 17.2 Å². The standard InChI is InChI=1S/C36H33N5O6S2/c1-22-40-41-36(48-22)39-35(44)32(23-12-7-5-8-13-23)49-27-17-11-16-26(20-27)37-34(43)28(38-33(42)24-14-9-6-10-15-24)18-25-19-30(46-3)31(47-4)21-29(25)45-2/h5-21,32H,1-4H3,(H,37,43)(H,38,42)(H,39,41,44)/b28-18+. The molecule has 1 unspecified atom stereocenters. The molecule has 5 aromatic rings. The monoisotopic (exact) mass is 695 g/mol. The second kappa shape index (κ2) is 16.4. The summed E-state index contributed by atoms with van der Waals surface area (Å²) < 4.78 is 16.4. The highest BCUT2D eigenvalue weighted by Crippen LogP contribution is 2.38. The average Bonchev–Trinajstić information content (AvgIpc) is 3.54. The van der Waals surface area contributed by atoms with Gasteiger partial charge in [0.15, 0.2) is 11.5 Å². The maximum atomic E-state index is 13.9. The number of aryl methyl sites for hydroxylation is 1. The van der Waals surface area contributed by atoms with Gasteiger partial charge in [-0.05, 0) is 55.0 Å². The van der Waals surface area contributed by atoms with E-state index >= 15 is 0 Å². The fourth-order valence-electron chi connectivity index (χ4n) is 4.66. The first kappa shape index (κ1) is 34.7. The summed E-state index contributed by atoms with van der Waals surface area (Å²) in [5.41, 5.74) is 2.02. The van der Waals surface area contributed by atoms with Crippen LogP contribution in [0, 0.1) is 6.92 Å². The van der Waals surface area contributed by atoms with E-state index in [4.69, 9.17) is 14.2 Å². The normalized spacial score (nSPS) is 11.6. The van der Waals surface area contributed by atoms with Gasteiger partial charge in [-0.25, -0.2) is 0 Å². The van der Waals surface area contributed by atoms with Crippen molar-refractivity contribution in [3.63, 3.8) is 0 Å². The van der Waals surface area contributed by atoms with Gasteiger partial charge in [0.2, 0.25) is 11.0 Å². The molecular formula is C36H33N5O6S2. The van der Waals surface area contributed by atoms with Gasteiger partial charge >= 0.3 is 0 Å². The van der Waals surface area contributed by atoms with E-state index in [0.717, 1.165) is 15.5 Å². The van der Waals surface area contributed by atoms with Crippen LogP contribution in [0.4, 0.5) is 10.8 Å². The minimum atomic E-state index is -0.630. The number of nitrogens with one attached hydrogen (secondary N) is 3. The zero-order chi connectivity index (χ0) is 34.8. The number of thioether (sulfide) groups is 1. The number of rotatable bonds is 13. The Labute approximate surface area is 291 Å². The molecule has 0 radical (unpaired) electrons. The molecule has 0 fully saturated rings. The molecule has 11 nitrogen and oxygen atoms in total. The SMILES string of the molecule is COc1cc(OC)c(OC)cc1/C=C(/NC(=O)c1ccccc1)C(=O)Nc1cccc(SC(C(=O)Nc2nnc(C)s2)c2ccccc2)c1. The maximum absolute atomic E-state index is 13.9. The summed E-state index contributed by atoms with van der Waals surface area (Å²) in [6.45, 7) is 1.81. The predicted octanol–water partition coefficient (Wildman–Crippen LogP) is 6.75. The second-order valence-electron chi connectivity index (χ2n) is 10.3. The Morgan fingerprint density at radius 3 is 2.10 bits per heavy atom. The summed E-state index contributed by atoms with van der Waals surface area (Å²) in [7, 11) is 4.49. The summed E-state index contributed by atoms with van der Waals surface area (Å²) in [6.07, 6.45) is 1.50. The molecule has 0 aliphatic carbocycles. The van der Waals surface area contributed by atoms with Gasteiger partial charge < -0.3 is 24.8 Å². The summed E-state index contributed by atoms with van der Waals surface area (Å²) in [4.78, 5) is 41.3. The highest BCUT2D eigenvalue weighted by Gasteiger charge is 2.24. The van der Waals surface area contributed by atoms with Gasteiger partial charge in [-0.1, -0.05) is 65.9 Å². The summed E-state index contributed by atoms with van der Waals surface area (Å²) in [5, 5.41) is 17.0. The van der Waals surface area contributed by atoms with E-state index in [2.05, 4.69) is 26.1 Å². The lowest BCUT2D eigenvalue weighted by atomic mass is 10.1. The number of ether oxygens (including phenoxy) is 3. The van der Waals surface area contributed by atoms with Crippen molar-refractivity contribution in [1.82, 2.24) is 15.5 Å². The first-order valence-corrected chi connectivity index (χ1v) is 16.6. The summed E-state index contributed by atoms with van der Waals surface area (Å²) in [5.74, 6) is -0.0955. The van der Waals surface area contributed by atoms with Gasteiger partial charge in [-0.15, -0.1) is 22.0 Å². The van der Waals surface area contributed by atoms with Crippen molar-refractivity contribution in [1.29, 1.82) is 0 Å². The zero-order valence-electron chi connectivity index (χ0n) is 27.1. The fourth-order valence-corrected chi connectivity index (χ4v) is 6.34. The molecule has 1 heterocycles. The molecule has 13 heteroatoms. The number of carbonyl (C=O) groups is 3. The molecular weight excluding hydrogens is 663 g/mol. The molecule has 0 bridgehead atoms. The fraction of sp³-hybridized carbons (Fsp3) is 0.139. The Bertz CT molecular complexity index is 1970. The first-order valence-electron chi connectivity index (χ1n) is 14.9. The number of amides is 3. The number of benzene rings is 4. The smallest absolute Gasteiger partial charge is 0.272 e. The van der Waals surface area contributed by atoms with Crippen LogP contribution in [0.2, 0.25) is 0 Å². The van der Waals surface area contributed by atoms with Crippen LogP contribution in [-0.2, 0) is 9.59 Å². The van der Waals surface area contributed by atoms with Gasteiger partial charge in [-0.2, -0.15) is 0 Å². The molecule has 1 aromatic heterocycles. The first-order chi connectivity index (χ1) is 23.8. The predicted molar refractivity (Wildman–Crippen MR) is 191 cm³/mol. The summed E-state index contributed by atoms with van der Waals surface area (Å²) >= 11 is 2.60. The van der Waals surface area contributed by atoms with Crippen molar-refractivity contribution in [2.75, 3.05) is 32.0 Å². The van der Waals surface area contributed by atoms with E-state index in [1.807, 2.05) is 43.3 Å². The van der Waals surface area contributed by atoms with E-state index in [1.54, 1.807) is 60.7 Å². The van der Waals surface area contributed by atoms with E-state index in [1.165, 1.54) is 50.5 Å². The molecule has 0 saturated carbocycles. The van der Waals surface area contributed by atoms with Crippen LogP contribution in [0.15, 0.2) is 108 Å². The molecule has 0 aliphatic rings. The van der Waals surface area contributed by atoms with Crippen LogP contribution in [0.1, 0.15) is 31.7 Å². The molecule has 5 rings (SSSR count). The molecule has 0 spiro atoms. The van der Waals surface area contributed by atoms with Crippen molar-refractivity contribution in [2.24, 2.45) is 0 Å². The van der Waals surface area contributed by atoms with Crippen LogP contribution in [-0.4, -0.2) is 49.2 Å². The molecule has 250 valence electrons. The van der Waals surface area contributed by atoms with Crippen LogP contribution < -0.4 is 30.2 Å². The number of carbonyl (C=O) groups excluding carboxylic acids is 3. The van der Waals surface area contributed by atoms with E-state index < -0.39 is 17.1 Å². The molecule has 0 saturated heterocycles. The Balaban J connectivity index is 1.43. The lowest BCUT2D eigenvalue weighted by molar-refractivity contribution is -0.116. The van der Waals surface area contributed by atoms with Crippen molar-refractivity contribution in [3.05, 3.63) is 124 Å². The molecule has 4 aromatic carbocycles. The second-order valence-corrected chi connectivity index (χ2v) is 12.7. The Morgan fingerprint density at radius 1 is 0.776 bits per heavy atom. The van der Waals surface area contributed by atoms with Crippen molar-refractivity contribution < 1.29 is 28.6 Å². The lowest BCUT2D eigenvalue weighted by Crippen LogP contribution is -2.30. The van der Waals surface area contributed by atoms with Gasteiger partial charge in [0, 0.05) is 27.8 Å². The average molecular weight is 696 g/mol. The number of anilines is 2. The molecule has 49 heavy (non-hydrogen) atoms. The van der Waals surface area contributed by atoms with Gasteiger partial charge in [0.1, 0.15) is 21.7 Å². The topological polar surface area (TPSA) is 141 Å². The molecule has 0 aliphatic heterocycles. The quantitative estimate of drug-likeness (QED) is 0.0901. The third kappa shape index (κ3) is 9.03. The number of methoxy groups -OCH3 is 3. The van der Waals surface area contributed by atoms with Crippen LogP contribution in [0.5, 0.6) is 17.2 Å².